The third-order valence-corrected chi connectivity index (χ3v) is 4.18. The lowest BCUT2D eigenvalue weighted by atomic mass is 10.1. The molecule has 0 amide bonds. The van der Waals surface area contributed by atoms with Gasteiger partial charge in [0, 0.05) is 11.6 Å². The van der Waals surface area contributed by atoms with Gasteiger partial charge in [0.1, 0.15) is 30.0 Å². The van der Waals surface area contributed by atoms with Crippen LogP contribution in [0.1, 0.15) is 31.8 Å². The van der Waals surface area contributed by atoms with Crippen molar-refractivity contribution in [1.29, 1.82) is 0 Å². The fourth-order valence-corrected chi connectivity index (χ4v) is 2.67. The molecule has 0 spiro atoms. The fourth-order valence-electron chi connectivity index (χ4n) is 2.54. The van der Waals surface area contributed by atoms with Crippen molar-refractivity contribution in [1.82, 2.24) is 4.90 Å². The van der Waals surface area contributed by atoms with E-state index >= 15 is 0 Å². The number of halogens is 1. The van der Waals surface area contributed by atoms with Crippen LogP contribution in [0.3, 0.4) is 0 Å². The second kappa shape index (κ2) is 9.85. The van der Waals surface area contributed by atoms with E-state index in [0.29, 0.717) is 29.8 Å². The first-order valence-electron chi connectivity index (χ1n) is 8.76. The molecule has 1 aromatic carbocycles. The van der Waals surface area contributed by atoms with E-state index < -0.39 is 6.10 Å². The minimum absolute atomic E-state index is 0.247. The Morgan fingerprint density at radius 1 is 1.16 bits per heavy atom. The predicted octanol–water partition coefficient (Wildman–Crippen LogP) is 4.53. The summed E-state index contributed by atoms with van der Waals surface area (Å²) in [5.41, 5.74) is 0. The van der Waals surface area contributed by atoms with Gasteiger partial charge in [-0.25, -0.2) is 0 Å². The third kappa shape index (κ3) is 7.51. The Hall–Kier alpha value is -1.49. The highest BCUT2D eigenvalue weighted by molar-refractivity contribution is 6.30. The number of hydrogen-bond acceptors (Lipinski definition) is 4. The van der Waals surface area contributed by atoms with Crippen LogP contribution in [-0.4, -0.2) is 35.8 Å². The molecule has 0 aliphatic carbocycles. The SMILES string of the molecule is Cc1ccc(CN(CCC(C)C)CC(O)COc2ccc(Cl)cc2)o1. The Bertz CT molecular complexity index is 624. The monoisotopic (exact) mass is 365 g/mol. The minimum atomic E-state index is -0.570. The maximum atomic E-state index is 10.4. The van der Waals surface area contributed by atoms with E-state index in [0.717, 1.165) is 24.5 Å². The molecule has 0 saturated carbocycles. The zero-order valence-corrected chi connectivity index (χ0v) is 16.0. The Morgan fingerprint density at radius 2 is 1.88 bits per heavy atom. The number of aliphatic hydroxyl groups is 1. The number of nitrogens with zero attached hydrogens (tertiary/aromatic N) is 1. The van der Waals surface area contributed by atoms with Crippen molar-refractivity contribution in [3.63, 3.8) is 0 Å². The summed E-state index contributed by atoms with van der Waals surface area (Å²) in [7, 11) is 0. The standard InChI is InChI=1S/C20H28ClNO3/c1-15(2)10-11-22(13-20-7-4-16(3)25-20)12-18(23)14-24-19-8-5-17(21)6-9-19/h4-9,15,18,23H,10-14H2,1-3H3. The second-order valence-corrected chi connectivity index (χ2v) is 7.29. The predicted molar refractivity (Wildman–Crippen MR) is 101 cm³/mol. The van der Waals surface area contributed by atoms with Gasteiger partial charge in [0.15, 0.2) is 0 Å². The van der Waals surface area contributed by atoms with Gasteiger partial charge in [0.2, 0.25) is 0 Å². The van der Waals surface area contributed by atoms with Crippen molar-refractivity contribution < 1.29 is 14.3 Å². The maximum absolute atomic E-state index is 10.4. The summed E-state index contributed by atoms with van der Waals surface area (Å²) in [6.45, 7) is 8.74. The minimum Gasteiger partial charge on any atom is -0.491 e. The van der Waals surface area contributed by atoms with Crippen molar-refractivity contribution in [2.24, 2.45) is 5.92 Å². The molecule has 0 saturated heterocycles. The van der Waals surface area contributed by atoms with Gasteiger partial charge in [-0.3, -0.25) is 4.90 Å². The van der Waals surface area contributed by atoms with E-state index in [1.807, 2.05) is 19.1 Å². The normalized spacial score (nSPS) is 12.8. The van der Waals surface area contributed by atoms with Crippen LogP contribution in [0, 0.1) is 12.8 Å². The molecule has 25 heavy (non-hydrogen) atoms. The van der Waals surface area contributed by atoms with Gasteiger partial charge in [0.05, 0.1) is 6.54 Å². The summed E-state index contributed by atoms with van der Waals surface area (Å²) in [6, 6.07) is 11.1. The van der Waals surface area contributed by atoms with E-state index in [1.54, 1.807) is 24.3 Å². The van der Waals surface area contributed by atoms with Crippen LogP contribution in [0.15, 0.2) is 40.8 Å². The molecule has 0 radical (unpaired) electrons. The summed E-state index contributed by atoms with van der Waals surface area (Å²) in [5.74, 6) is 3.15. The van der Waals surface area contributed by atoms with Crippen LogP contribution in [0.25, 0.3) is 0 Å². The van der Waals surface area contributed by atoms with Crippen LogP contribution in [0.4, 0.5) is 0 Å². The van der Waals surface area contributed by atoms with Crippen molar-refractivity contribution >= 4 is 11.6 Å². The Kier molecular flexibility index (Phi) is 7.82. The molecular weight excluding hydrogens is 338 g/mol. The topological polar surface area (TPSA) is 45.8 Å². The van der Waals surface area contributed by atoms with Gasteiger partial charge >= 0.3 is 0 Å². The zero-order valence-electron chi connectivity index (χ0n) is 15.2. The average molecular weight is 366 g/mol. The first kappa shape index (κ1) is 19.8. The third-order valence-electron chi connectivity index (χ3n) is 3.92. The van der Waals surface area contributed by atoms with Crippen molar-refractivity contribution in [2.75, 3.05) is 19.7 Å². The highest BCUT2D eigenvalue weighted by Gasteiger charge is 2.15. The van der Waals surface area contributed by atoms with E-state index in [-0.39, 0.29) is 6.61 Å². The molecule has 1 unspecified atom stereocenters. The molecule has 1 aromatic heterocycles. The number of rotatable bonds is 10. The van der Waals surface area contributed by atoms with Gasteiger partial charge in [-0.15, -0.1) is 0 Å². The summed E-state index contributed by atoms with van der Waals surface area (Å²) in [6.07, 6.45) is 0.503. The molecule has 2 rings (SSSR count). The zero-order chi connectivity index (χ0) is 18.2. The number of aliphatic hydroxyl groups excluding tert-OH is 1. The van der Waals surface area contributed by atoms with E-state index in [4.69, 9.17) is 20.8 Å². The summed E-state index contributed by atoms with van der Waals surface area (Å²) in [4.78, 5) is 2.22. The lowest BCUT2D eigenvalue weighted by molar-refractivity contribution is 0.0615. The summed E-state index contributed by atoms with van der Waals surface area (Å²) < 4.78 is 11.3. The van der Waals surface area contributed by atoms with Gasteiger partial charge in [-0.2, -0.15) is 0 Å². The summed E-state index contributed by atoms with van der Waals surface area (Å²) >= 11 is 5.86. The lowest BCUT2D eigenvalue weighted by Crippen LogP contribution is -2.36. The van der Waals surface area contributed by atoms with Crippen LogP contribution >= 0.6 is 11.6 Å². The molecule has 4 nitrogen and oxygen atoms in total. The number of ether oxygens (including phenoxy) is 1. The first-order chi connectivity index (χ1) is 11.9. The molecule has 2 aromatic rings. The highest BCUT2D eigenvalue weighted by Crippen LogP contribution is 2.16. The summed E-state index contributed by atoms with van der Waals surface area (Å²) in [5, 5.41) is 11.0. The van der Waals surface area contributed by atoms with Gasteiger partial charge in [-0.1, -0.05) is 25.4 Å². The van der Waals surface area contributed by atoms with Crippen molar-refractivity contribution in [3.05, 3.63) is 52.9 Å². The molecule has 0 fully saturated rings. The molecule has 0 bridgehead atoms. The van der Waals surface area contributed by atoms with Crippen molar-refractivity contribution in [3.8, 4) is 5.75 Å². The molecule has 0 aliphatic heterocycles. The van der Waals surface area contributed by atoms with Gasteiger partial charge in [-0.05, 0) is 62.2 Å². The fraction of sp³-hybridized carbons (Fsp3) is 0.500. The van der Waals surface area contributed by atoms with Crippen LogP contribution in [-0.2, 0) is 6.54 Å². The Labute approximate surface area is 155 Å². The molecular formula is C20H28ClNO3. The molecule has 0 aliphatic rings. The quantitative estimate of drug-likeness (QED) is 0.672. The number of furan rings is 1. The number of benzene rings is 1. The van der Waals surface area contributed by atoms with Crippen molar-refractivity contribution in [2.45, 2.75) is 39.8 Å². The lowest BCUT2D eigenvalue weighted by Gasteiger charge is -2.25. The van der Waals surface area contributed by atoms with Gasteiger partial charge < -0.3 is 14.3 Å². The van der Waals surface area contributed by atoms with Crippen LogP contribution < -0.4 is 4.74 Å². The molecule has 1 N–H and O–H groups in total. The van der Waals surface area contributed by atoms with Crippen LogP contribution in [0.2, 0.25) is 5.02 Å². The van der Waals surface area contributed by atoms with Gasteiger partial charge in [0.25, 0.3) is 0 Å². The highest BCUT2D eigenvalue weighted by atomic mass is 35.5. The largest absolute Gasteiger partial charge is 0.491 e. The maximum Gasteiger partial charge on any atom is 0.119 e. The molecule has 1 atom stereocenters. The number of aryl methyl sites for hydroxylation is 1. The van der Waals surface area contributed by atoms with E-state index in [1.165, 1.54) is 0 Å². The molecule has 138 valence electrons. The average Bonchev–Trinajstić information content (AvgIpc) is 2.97. The number of hydrogen-bond donors (Lipinski definition) is 1. The van der Waals surface area contributed by atoms with E-state index in [2.05, 4.69) is 18.7 Å². The van der Waals surface area contributed by atoms with Crippen LogP contribution in [0.5, 0.6) is 5.75 Å². The molecule has 1 heterocycles. The van der Waals surface area contributed by atoms with E-state index in [9.17, 15) is 5.11 Å². The Morgan fingerprint density at radius 3 is 2.48 bits per heavy atom. The molecule has 5 heteroatoms. The first-order valence-corrected chi connectivity index (χ1v) is 9.14. The Balaban J connectivity index is 1.86. The smallest absolute Gasteiger partial charge is 0.119 e. The second-order valence-electron chi connectivity index (χ2n) is 6.85.